The fraction of sp³-hybridized carbons (Fsp3) is 0.231. The van der Waals surface area contributed by atoms with Gasteiger partial charge in [-0.05, 0) is 32.0 Å². The topological polar surface area (TPSA) is 100 Å². The number of nitrogens with zero attached hydrogens (tertiary/aromatic N) is 2. The van der Waals surface area contributed by atoms with E-state index in [0.717, 1.165) is 21.7 Å². The molecular weight excluding hydrogens is 276 g/mol. The molecule has 1 aromatic carbocycles. The summed E-state index contributed by atoms with van der Waals surface area (Å²) < 4.78 is 11.0. The molecule has 7 heteroatoms. The number of anilines is 2. The Morgan fingerprint density at radius 3 is 2.65 bits per heavy atom. The SMILES string of the molecule is CCOc1ccc2nc(N)sc2c1.Cc1cc(N)no1. The van der Waals surface area contributed by atoms with E-state index in [1.807, 2.05) is 25.1 Å². The van der Waals surface area contributed by atoms with E-state index >= 15 is 0 Å². The van der Waals surface area contributed by atoms with E-state index in [9.17, 15) is 0 Å². The van der Waals surface area contributed by atoms with Crippen LogP contribution >= 0.6 is 11.3 Å². The van der Waals surface area contributed by atoms with Crippen LogP contribution in [0.15, 0.2) is 28.8 Å². The van der Waals surface area contributed by atoms with Gasteiger partial charge in [0.1, 0.15) is 11.5 Å². The third-order valence-electron chi connectivity index (χ3n) is 2.33. The zero-order valence-corrected chi connectivity index (χ0v) is 12.1. The zero-order valence-electron chi connectivity index (χ0n) is 11.3. The average molecular weight is 292 g/mol. The second-order valence-corrected chi connectivity index (χ2v) is 5.04. The third-order valence-corrected chi connectivity index (χ3v) is 3.18. The first-order chi connectivity index (χ1) is 9.58. The summed E-state index contributed by atoms with van der Waals surface area (Å²) in [7, 11) is 0. The van der Waals surface area contributed by atoms with Gasteiger partial charge < -0.3 is 20.7 Å². The highest BCUT2D eigenvalue weighted by molar-refractivity contribution is 7.22. The van der Waals surface area contributed by atoms with Crippen LogP contribution in [0.1, 0.15) is 12.7 Å². The van der Waals surface area contributed by atoms with Gasteiger partial charge >= 0.3 is 0 Å². The van der Waals surface area contributed by atoms with E-state index in [1.165, 1.54) is 11.3 Å². The van der Waals surface area contributed by atoms with Crippen molar-refractivity contribution < 1.29 is 9.26 Å². The maximum absolute atomic E-state index is 5.58. The van der Waals surface area contributed by atoms with Crippen LogP contribution in [-0.4, -0.2) is 16.7 Å². The maximum atomic E-state index is 5.58. The first-order valence-electron chi connectivity index (χ1n) is 6.06. The van der Waals surface area contributed by atoms with Gasteiger partial charge in [0.25, 0.3) is 0 Å². The number of hydrogen-bond acceptors (Lipinski definition) is 7. The van der Waals surface area contributed by atoms with Crippen LogP contribution in [0.3, 0.4) is 0 Å². The van der Waals surface area contributed by atoms with Crippen molar-refractivity contribution >= 4 is 32.5 Å². The van der Waals surface area contributed by atoms with Crippen molar-refractivity contribution in [3.63, 3.8) is 0 Å². The molecule has 0 spiro atoms. The molecule has 6 nitrogen and oxygen atoms in total. The summed E-state index contributed by atoms with van der Waals surface area (Å²) in [6, 6.07) is 7.46. The third kappa shape index (κ3) is 3.61. The number of nitrogens with two attached hydrogens (primary N) is 2. The maximum Gasteiger partial charge on any atom is 0.181 e. The monoisotopic (exact) mass is 292 g/mol. The molecular formula is C13H16N4O2S. The standard InChI is InChI=1S/C9H10N2OS.C4H6N2O/c1-2-12-6-3-4-7-8(5-6)13-9(10)11-7;1-3-2-4(5)6-7-3/h3-5H,2H2,1H3,(H2,10,11);2H,1H3,(H2,5,6). The highest BCUT2D eigenvalue weighted by Gasteiger charge is 2.01. The van der Waals surface area contributed by atoms with Crippen molar-refractivity contribution in [3.8, 4) is 5.75 Å². The summed E-state index contributed by atoms with van der Waals surface area (Å²) in [6.45, 7) is 4.44. The van der Waals surface area contributed by atoms with Crippen LogP contribution < -0.4 is 16.2 Å². The Balaban J connectivity index is 0.000000178. The Kier molecular flexibility index (Phi) is 4.41. The Morgan fingerprint density at radius 2 is 2.10 bits per heavy atom. The molecule has 2 heterocycles. The average Bonchev–Trinajstić information content (AvgIpc) is 2.94. The van der Waals surface area contributed by atoms with Gasteiger partial charge in [0, 0.05) is 6.07 Å². The lowest BCUT2D eigenvalue weighted by Gasteiger charge is -2.00. The molecule has 0 bridgehead atoms. The molecule has 0 atom stereocenters. The minimum atomic E-state index is 0.442. The number of hydrogen-bond donors (Lipinski definition) is 2. The Bertz CT molecular complexity index is 676. The summed E-state index contributed by atoms with van der Waals surface area (Å²) in [5.41, 5.74) is 11.7. The van der Waals surface area contributed by atoms with Crippen LogP contribution in [-0.2, 0) is 0 Å². The van der Waals surface area contributed by atoms with E-state index < -0.39 is 0 Å². The van der Waals surface area contributed by atoms with E-state index in [0.29, 0.717) is 17.6 Å². The van der Waals surface area contributed by atoms with Crippen LogP contribution in [0, 0.1) is 6.92 Å². The predicted molar refractivity (Wildman–Crippen MR) is 80.9 cm³/mol. The zero-order chi connectivity index (χ0) is 14.5. The summed E-state index contributed by atoms with van der Waals surface area (Å²) in [6.07, 6.45) is 0. The fourth-order valence-electron chi connectivity index (χ4n) is 1.56. The van der Waals surface area contributed by atoms with Gasteiger partial charge in [-0.15, -0.1) is 0 Å². The lowest BCUT2D eigenvalue weighted by atomic mass is 10.3. The van der Waals surface area contributed by atoms with Crippen molar-refractivity contribution in [2.75, 3.05) is 18.1 Å². The highest BCUT2D eigenvalue weighted by Crippen LogP contribution is 2.27. The van der Waals surface area contributed by atoms with Crippen LogP contribution in [0.4, 0.5) is 10.9 Å². The molecule has 0 aliphatic carbocycles. The number of thiazole rings is 1. The molecule has 0 saturated heterocycles. The van der Waals surface area contributed by atoms with Gasteiger partial charge in [0.2, 0.25) is 0 Å². The van der Waals surface area contributed by atoms with Gasteiger partial charge in [-0.3, -0.25) is 0 Å². The Morgan fingerprint density at radius 1 is 1.30 bits per heavy atom. The van der Waals surface area contributed by atoms with Crippen LogP contribution in [0.25, 0.3) is 10.2 Å². The van der Waals surface area contributed by atoms with Gasteiger partial charge in [0.05, 0.1) is 16.8 Å². The predicted octanol–water partition coefficient (Wildman–Crippen LogP) is 2.84. The van der Waals surface area contributed by atoms with E-state index in [4.69, 9.17) is 16.2 Å². The number of ether oxygens (including phenoxy) is 1. The number of aryl methyl sites for hydroxylation is 1. The smallest absolute Gasteiger partial charge is 0.181 e. The molecule has 0 saturated carbocycles. The molecule has 106 valence electrons. The van der Waals surface area contributed by atoms with Gasteiger partial charge in [-0.1, -0.05) is 16.5 Å². The first kappa shape index (κ1) is 14.1. The summed E-state index contributed by atoms with van der Waals surface area (Å²) in [5.74, 6) is 2.06. The lowest BCUT2D eigenvalue weighted by molar-refractivity contribution is 0.341. The molecule has 3 aromatic rings. The van der Waals surface area contributed by atoms with Crippen LogP contribution in [0.5, 0.6) is 5.75 Å². The van der Waals surface area contributed by atoms with Gasteiger partial charge in [-0.2, -0.15) is 0 Å². The normalized spacial score (nSPS) is 10.1. The van der Waals surface area contributed by atoms with Crippen molar-refractivity contribution in [2.45, 2.75) is 13.8 Å². The van der Waals surface area contributed by atoms with E-state index in [1.54, 1.807) is 13.0 Å². The number of benzene rings is 1. The summed E-state index contributed by atoms with van der Waals surface area (Å²) in [5, 5.41) is 4.02. The number of fused-ring (bicyclic) bond motifs is 1. The minimum absolute atomic E-state index is 0.442. The fourth-order valence-corrected chi connectivity index (χ4v) is 2.33. The minimum Gasteiger partial charge on any atom is -0.494 e. The molecule has 0 radical (unpaired) electrons. The molecule has 4 N–H and O–H groups in total. The van der Waals surface area contributed by atoms with E-state index in [2.05, 4.69) is 14.7 Å². The number of nitrogen functional groups attached to an aromatic ring is 2. The van der Waals surface area contributed by atoms with Crippen molar-refractivity contribution in [1.82, 2.24) is 10.1 Å². The first-order valence-corrected chi connectivity index (χ1v) is 6.87. The van der Waals surface area contributed by atoms with Crippen LogP contribution in [0.2, 0.25) is 0 Å². The summed E-state index contributed by atoms with van der Waals surface area (Å²) in [4.78, 5) is 4.16. The van der Waals surface area contributed by atoms with Gasteiger partial charge in [0.15, 0.2) is 10.9 Å². The Labute approximate surface area is 120 Å². The van der Waals surface area contributed by atoms with Crippen molar-refractivity contribution in [3.05, 3.63) is 30.0 Å². The largest absolute Gasteiger partial charge is 0.494 e. The molecule has 0 aliphatic heterocycles. The molecule has 0 aliphatic rings. The van der Waals surface area contributed by atoms with Crippen molar-refractivity contribution in [2.24, 2.45) is 0 Å². The van der Waals surface area contributed by atoms with Gasteiger partial charge in [-0.25, -0.2) is 4.98 Å². The lowest BCUT2D eigenvalue weighted by Crippen LogP contribution is -1.89. The number of aromatic nitrogens is 2. The molecule has 0 unspecified atom stereocenters. The second kappa shape index (κ2) is 6.25. The molecule has 2 aromatic heterocycles. The molecule has 20 heavy (non-hydrogen) atoms. The Hall–Kier alpha value is -2.28. The second-order valence-electron chi connectivity index (χ2n) is 3.98. The number of rotatable bonds is 2. The van der Waals surface area contributed by atoms with Crippen molar-refractivity contribution in [1.29, 1.82) is 0 Å². The molecule has 0 amide bonds. The quantitative estimate of drug-likeness (QED) is 0.753. The molecule has 3 rings (SSSR count). The summed E-state index contributed by atoms with van der Waals surface area (Å²) >= 11 is 1.48. The highest BCUT2D eigenvalue weighted by atomic mass is 32.1. The molecule has 0 fully saturated rings. The van der Waals surface area contributed by atoms with E-state index in [-0.39, 0.29) is 0 Å².